The van der Waals surface area contributed by atoms with E-state index in [1.165, 1.54) is 32.1 Å². The van der Waals surface area contributed by atoms with Crippen molar-refractivity contribution >= 4 is 11.7 Å². The molecule has 1 rings (SSSR count). The first kappa shape index (κ1) is 30.1. The summed E-state index contributed by atoms with van der Waals surface area (Å²) in [4.78, 5) is 11.9. The Morgan fingerprint density at radius 2 is 1.29 bits per heavy atom. The minimum absolute atomic E-state index is 0.194. The van der Waals surface area contributed by atoms with Gasteiger partial charge in [-0.1, -0.05) is 51.9 Å². The summed E-state index contributed by atoms with van der Waals surface area (Å²) in [5.74, 6) is -10.3. The van der Waals surface area contributed by atoms with Crippen LogP contribution in [-0.2, 0) is 4.74 Å². The summed E-state index contributed by atoms with van der Waals surface area (Å²) in [7, 11) is 0. The Hall–Kier alpha value is -1.90. The van der Waals surface area contributed by atoms with Crippen molar-refractivity contribution in [2.24, 2.45) is 5.92 Å². The van der Waals surface area contributed by atoms with Gasteiger partial charge in [-0.2, -0.15) is 0 Å². The maximum absolute atomic E-state index is 13.7. The second-order valence-electron chi connectivity index (χ2n) is 9.11. The summed E-state index contributed by atoms with van der Waals surface area (Å²) in [6, 6.07) is -1.04. The normalized spacial score (nSPS) is 12.6. The molecule has 0 saturated heterocycles. The molecule has 4 nitrogen and oxygen atoms in total. The zero-order valence-corrected chi connectivity index (χ0v) is 20.8. The third-order valence-corrected chi connectivity index (χ3v) is 6.12. The van der Waals surface area contributed by atoms with E-state index in [0.717, 1.165) is 25.7 Å². The number of carbonyl (C=O) groups excluding carboxylic acids is 1. The number of rotatable bonds is 16. The second kappa shape index (κ2) is 15.2. The van der Waals surface area contributed by atoms with Crippen LogP contribution in [0.5, 0.6) is 0 Å². The Morgan fingerprint density at radius 1 is 0.794 bits per heavy atom. The van der Waals surface area contributed by atoms with Crippen molar-refractivity contribution in [2.75, 3.05) is 18.5 Å². The van der Waals surface area contributed by atoms with Gasteiger partial charge in [0, 0.05) is 13.2 Å². The van der Waals surface area contributed by atoms with E-state index in [1.54, 1.807) is 5.32 Å². The molecule has 1 aromatic rings. The lowest BCUT2D eigenvalue weighted by Crippen LogP contribution is -2.35. The van der Waals surface area contributed by atoms with Crippen LogP contribution in [-0.4, -0.2) is 24.8 Å². The molecule has 9 heteroatoms. The molecule has 0 aliphatic rings. The predicted molar refractivity (Wildman–Crippen MR) is 124 cm³/mol. The molecule has 1 unspecified atom stereocenters. The first-order valence-corrected chi connectivity index (χ1v) is 12.3. The van der Waals surface area contributed by atoms with Crippen molar-refractivity contribution in [3.05, 3.63) is 29.1 Å². The monoisotopic (exact) mass is 494 g/mol. The van der Waals surface area contributed by atoms with E-state index in [0.29, 0.717) is 18.9 Å². The molecule has 2 N–H and O–H groups in total. The number of halogens is 5. The number of hydrogen-bond acceptors (Lipinski definition) is 2. The van der Waals surface area contributed by atoms with Crippen LogP contribution in [0, 0.1) is 35.0 Å². The van der Waals surface area contributed by atoms with Gasteiger partial charge in [0.25, 0.3) is 0 Å². The third-order valence-electron chi connectivity index (χ3n) is 6.12. The number of anilines is 1. The predicted octanol–water partition coefficient (Wildman–Crippen LogP) is 7.86. The molecular weight excluding hydrogens is 455 g/mol. The average Bonchev–Trinajstić information content (AvgIpc) is 2.79. The molecule has 0 bridgehead atoms. The SMILES string of the molecule is CCCCCCCCC(CCCCNC(=O)Nc1c(F)c(F)c(F)c(F)c1F)C(C)(C)OCC. The van der Waals surface area contributed by atoms with Gasteiger partial charge in [0.1, 0.15) is 5.69 Å². The molecule has 34 heavy (non-hydrogen) atoms. The van der Waals surface area contributed by atoms with Gasteiger partial charge in [-0.25, -0.2) is 26.7 Å². The van der Waals surface area contributed by atoms with Gasteiger partial charge < -0.3 is 15.4 Å². The Bertz CT molecular complexity index is 745. The van der Waals surface area contributed by atoms with E-state index < -0.39 is 40.8 Å². The van der Waals surface area contributed by atoms with Crippen LogP contribution in [0.15, 0.2) is 0 Å². The van der Waals surface area contributed by atoms with Crippen LogP contribution >= 0.6 is 0 Å². The van der Waals surface area contributed by atoms with Gasteiger partial charge in [-0.05, 0) is 46.0 Å². The summed E-state index contributed by atoms with van der Waals surface area (Å²) in [5, 5.41) is 4.11. The molecule has 0 saturated carbocycles. The van der Waals surface area contributed by atoms with Crippen molar-refractivity contribution in [3.63, 3.8) is 0 Å². The van der Waals surface area contributed by atoms with Crippen LogP contribution < -0.4 is 10.6 Å². The van der Waals surface area contributed by atoms with Crippen LogP contribution in [0.25, 0.3) is 0 Å². The van der Waals surface area contributed by atoms with Gasteiger partial charge in [0.2, 0.25) is 5.82 Å². The fraction of sp³-hybridized carbons (Fsp3) is 0.720. The van der Waals surface area contributed by atoms with E-state index in [-0.39, 0.29) is 12.1 Å². The molecule has 0 fully saturated rings. The number of amides is 2. The minimum atomic E-state index is -2.27. The molecule has 1 atom stereocenters. The first-order chi connectivity index (χ1) is 16.1. The summed E-state index contributed by atoms with van der Waals surface area (Å²) in [6.45, 7) is 9.16. The first-order valence-electron chi connectivity index (χ1n) is 12.3. The Balaban J connectivity index is 2.50. The minimum Gasteiger partial charge on any atom is -0.376 e. The Labute approximate surface area is 200 Å². The molecule has 0 spiro atoms. The average molecular weight is 495 g/mol. The summed E-state index contributed by atoms with van der Waals surface area (Å²) >= 11 is 0. The molecular formula is C25H39F5N2O2. The highest BCUT2D eigenvalue weighted by Crippen LogP contribution is 2.31. The summed E-state index contributed by atoms with van der Waals surface area (Å²) in [6.07, 6.45) is 10.6. The third kappa shape index (κ3) is 9.39. The second-order valence-corrected chi connectivity index (χ2v) is 9.11. The molecule has 1 aromatic carbocycles. The highest BCUT2D eigenvalue weighted by molar-refractivity contribution is 5.89. The van der Waals surface area contributed by atoms with Crippen molar-refractivity contribution in [1.29, 1.82) is 0 Å². The van der Waals surface area contributed by atoms with E-state index in [9.17, 15) is 26.7 Å². The molecule has 0 aliphatic carbocycles. The van der Waals surface area contributed by atoms with E-state index in [4.69, 9.17) is 4.74 Å². The molecule has 196 valence electrons. The lowest BCUT2D eigenvalue weighted by Gasteiger charge is -2.34. The number of ether oxygens (including phenoxy) is 1. The highest BCUT2D eigenvalue weighted by Gasteiger charge is 2.29. The van der Waals surface area contributed by atoms with Crippen molar-refractivity contribution in [2.45, 2.75) is 97.5 Å². The van der Waals surface area contributed by atoms with E-state index in [1.807, 2.05) is 6.92 Å². The number of carbonyl (C=O) groups is 1. The lowest BCUT2D eigenvalue weighted by molar-refractivity contribution is -0.0604. The zero-order chi connectivity index (χ0) is 25.7. The zero-order valence-electron chi connectivity index (χ0n) is 20.8. The Kier molecular flexibility index (Phi) is 13.4. The molecule has 2 amide bonds. The Morgan fingerprint density at radius 3 is 1.85 bits per heavy atom. The van der Waals surface area contributed by atoms with E-state index in [2.05, 4.69) is 26.1 Å². The van der Waals surface area contributed by atoms with Gasteiger partial charge in [-0.15, -0.1) is 0 Å². The van der Waals surface area contributed by atoms with Crippen LogP contribution in [0.4, 0.5) is 32.4 Å². The number of unbranched alkanes of at least 4 members (excludes halogenated alkanes) is 6. The van der Waals surface area contributed by atoms with E-state index >= 15 is 0 Å². The maximum Gasteiger partial charge on any atom is 0.319 e. The number of urea groups is 1. The van der Waals surface area contributed by atoms with Gasteiger partial charge in [0.05, 0.1) is 5.60 Å². The van der Waals surface area contributed by atoms with Crippen molar-refractivity contribution in [3.8, 4) is 0 Å². The van der Waals surface area contributed by atoms with Crippen LogP contribution in [0.2, 0.25) is 0 Å². The summed E-state index contributed by atoms with van der Waals surface area (Å²) in [5.41, 5.74) is -1.64. The topological polar surface area (TPSA) is 50.4 Å². The fourth-order valence-electron chi connectivity index (χ4n) is 4.09. The van der Waals surface area contributed by atoms with Crippen molar-refractivity contribution < 1.29 is 31.5 Å². The number of hydrogen-bond donors (Lipinski definition) is 2. The largest absolute Gasteiger partial charge is 0.376 e. The fourth-order valence-corrected chi connectivity index (χ4v) is 4.09. The quantitative estimate of drug-likeness (QED) is 0.106. The lowest BCUT2D eigenvalue weighted by atomic mass is 9.82. The molecule has 0 heterocycles. The molecule has 0 aliphatic heterocycles. The number of benzene rings is 1. The van der Waals surface area contributed by atoms with Crippen LogP contribution in [0.1, 0.15) is 91.9 Å². The smallest absolute Gasteiger partial charge is 0.319 e. The summed E-state index contributed by atoms with van der Waals surface area (Å²) < 4.78 is 72.9. The molecule has 0 radical (unpaired) electrons. The molecule has 0 aromatic heterocycles. The van der Waals surface area contributed by atoms with Crippen molar-refractivity contribution in [1.82, 2.24) is 5.32 Å². The van der Waals surface area contributed by atoms with Gasteiger partial charge in [0.15, 0.2) is 23.3 Å². The highest BCUT2D eigenvalue weighted by atomic mass is 19.2. The number of nitrogens with one attached hydrogen (secondary N) is 2. The standard InChI is InChI=1S/C25H39F5N2O2/c1-5-7-8-9-10-11-14-17(25(3,4)34-6-2)15-12-13-16-31-24(33)32-23-21(29)19(27)18(26)20(28)22(23)30/h17H,5-16H2,1-4H3,(H2,31,32,33). The van der Waals surface area contributed by atoms with Gasteiger partial charge in [-0.3, -0.25) is 0 Å². The van der Waals surface area contributed by atoms with Crippen LogP contribution in [0.3, 0.4) is 0 Å². The maximum atomic E-state index is 13.7. The van der Waals surface area contributed by atoms with Gasteiger partial charge >= 0.3 is 6.03 Å².